The minimum Gasteiger partial charge on any atom is -0.385 e. The number of thiophene rings is 1. The summed E-state index contributed by atoms with van der Waals surface area (Å²) in [6, 6.07) is 3.41. The van der Waals surface area contributed by atoms with Gasteiger partial charge in [-0.25, -0.2) is 13.1 Å². The van der Waals surface area contributed by atoms with Gasteiger partial charge in [0.25, 0.3) is 0 Å². The molecule has 0 aliphatic rings. The van der Waals surface area contributed by atoms with Gasteiger partial charge in [-0.1, -0.05) is 0 Å². The Bertz CT molecular complexity index is 471. The van der Waals surface area contributed by atoms with Gasteiger partial charge in [-0.05, 0) is 45.5 Å². The van der Waals surface area contributed by atoms with Crippen molar-refractivity contribution in [2.75, 3.05) is 27.3 Å². The molecule has 0 aliphatic heterocycles. The SMILES string of the molecule is CNCCc1ccc(S(=O)(=O)NC(C)CCOC)s1. The van der Waals surface area contributed by atoms with Gasteiger partial charge in [0.2, 0.25) is 10.0 Å². The molecule has 1 heterocycles. The second-order valence-electron chi connectivity index (χ2n) is 4.38. The topological polar surface area (TPSA) is 67.4 Å². The molecule has 0 spiro atoms. The van der Waals surface area contributed by atoms with E-state index >= 15 is 0 Å². The van der Waals surface area contributed by atoms with E-state index in [9.17, 15) is 8.42 Å². The molecule has 0 aliphatic carbocycles. The summed E-state index contributed by atoms with van der Waals surface area (Å²) >= 11 is 1.32. The van der Waals surface area contributed by atoms with Crippen molar-refractivity contribution in [3.05, 3.63) is 17.0 Å². The van der Waals surface area contributed by atoms with Crippen LogP contribution in [0.5, 0.6) is 0 Å². The smallest absolute Gasteiger partial charge is 0.250 e. The van der Waals surface area contributed by atoms with Crippen LogP contribution < -0.4 is 10.0 Å². The summed E-state index contributed by atoms with van der Waals surface area (Å²) < 4.78 is 32.3. The molecule has 1 aromatic rings. The molecule has 2 N–H and O–H groups in total. The van der Waals surface area contributed by atoms with E-state index in [1.807, 2.05) is 20.0 Å². The Morgan fingerprint density at radius 2 is 2.16 bits per heavy atom. The van der Waals surface area contributed by atoms with Crippen molar-refractivity contribution in [3.8, 4) is 0 Å². The summed E-state index contributed by atoms with van der Waals surface area (Å²) in [6.07, 6.45) is 1.50. The first-order chi connectivity index (χ1) is 8.99. The van der Waals surface area contributed by atoms with Gasteiger partial charge >= 0.3 is 0 Å². The summed E-state index contributed by atoms with van der Waals surface area (Å²) in [6.45, 7) is 3.23. The number of likely N-dealkylation sites (N-methyl/N-ethyl adjacent to an activating group) is 1. The molecule has 7 heteroatoms. The Morgan fingerprint density at radius 1 is 1.42 bits per heavy atom. The molecule has 0 fully saturated rings. The number of hydrogen-bond acceptors (Lipinski definition) is 5. The highest BCUT2D eigenvalue weighted by Gasteiger charge is 2.19. The molecule has 1 atom stereocenters. The number of nitrogens with one attached hydrogen (secondary N) is 2. The fraction of sp³-hybridized carbons (Fsp3) is 0.667. The molecule has 110 valence electrons. The fourth-order valence-electron chi connectivity index (χ4n) is 1.56. The van der Waals surface area contributed by atoms with E-state index in [0.29, 0.717) is 17.2 Å². The average Bonchev–Trinajstić information content (AvgIpc) is 2.83. The summed E-state index contributed by atoms with van der Waals surface area (Å²) in [7, 11) is 0.0834. The second-order valence-corrected chi connectivity index (χ2v) is 7.49. The van der Waals surface area contributed by atoms with Crippen molar-refractivity contribution in [1.29, 1.82) is 0 Å². The fourth-order valence-corrected chi connectivity index (χ4v) is 4.21. The number of hydrogen-bond donors (Lipinski definition) is 2. The molecule has 1 rings (SSSR count). The lowest BCUT2D eigenvalue weighted by atomic mass is 10.3. The van der Waals surface area contributed by atoms with Crippen LogP contribution in [0.3, 0.4) is 0 Å². The van der Waals surface area contributed by atoms with Gasteiger partial charge in [0.05, 0.1) is 0 Å². The standard InChI is InChI=1S/C12H22N2O3S2/c1-10(7-9-17-3)14-19(15,16)12-5-4-11(18-12)6-8-13-2/h4-5,10,13-14H,6-9H2,1-3H3. The summed E-state index contributed by atoms with van der Waals surface area (Å²) in [5.74, 6) is 0. The van der Waals surface area contributed by atoms with Crippen molar-refractivity contribution in [3.63, 3.8) is 0 Å². The van der Waals surface area contributed by atoms with Crippen LogP contribution in [0.2, 0.25) is 0 Å². The molecule has 0 bridgehead atoms. The summed E-state index contributed by atoms with van der Waals surface area (Å²) in [5.41, 5.74) is 0. The first-order valence-electron chi connectivity index (χ1n) is 6.24. The van der Waals surface area contributed by atoms with Gasteiger partial charge in [-0.2, -0.15) is 0 Å². The number of methoxy groups -OCH3 is 1. The summed E-state index contributed by atoms with van der Waals surface area (Å²) in [4.78, 5) is 1.07. The number of sulfonamides is 1. The second kappa shape index (κ2) is 7.96. The minimum absolute atomic E-state index is 0.132. The molecular weight excluding hydrogens is 284 g/mol. The van der Waals surface area contributed by atoms with E-state index in [1.54, 1.807) is 13.2 Å². The molecule has 0 aromatic carbocycles. The Hall–Kier alpha value is -0.470. The Labute approximate surface area is 119 Å². The van der Waals surface area contributed by atoms with Crippen molar-refractivity contribution in [2.45, 2.75) is 30.0 Å². The first kappa shape index (κ1) is 16.6. The van der Waals surface area contributed by atoms with Crippen molar-refractivity contribution in [2.24, 2.45) is 0 Å². The lowest BCUT2D eigenvalue weighted by molar-refractivity contribution is 0.188. The van der Waals surface area contributed by atoms with Gasteiger partial charge in [0.15, 0.2) is 0 Å². The summed E-state index contributed by atoms with van der Waals surface area (Å²) in [5, 5.41) is 3.05. The molecule has 0 saturated carbocycles. The van der Waals surface area contributed by atoms with Crippen LogP contribution in [0.1, 0.15) is 18.2 Å². The molecule has 5 nitrogen and oxygen atoms in total. The highest BCUT2D eigenvalue weighted by atomic mass is 32.2. The molecule has 1 unspecified atom stereocenters. The van der Waals surface area contributed by atoms with E-state index in [4.69, 9.17) is 4.74 Å². The van der Waals surface area contributed by atoms with Crippen LogP contribution in [0, 0.1) is 0 Å². The lowest BCUT2D eigenvalue weighted by Gasteiger charge is -2.12. The van der Waals surface area contributed by atoms with Crippen LogP contribution in [0.15, 0.2) is 16.3 Å². The zero-order valence-corrected chi connectivity index (χ0v) is 13.2. The van der Waals surface area contributed by atoms with Crippen LogP contribution in [0.4, 0.5) is 0 Å². The number of rotatable bonds is 9. The maximum absolute atomic E-state index is 12.1. The van der Waals surface area contributed by atoms with Gasteiger partial charge in [0.1, 0.15) is 4.21 Å². The molecule has 1 aromatic heterocycles. The largest absolute Gasteiger partial charge is 0.385 e. The quantitative estimate of drug-likeness (QED) is 0.720. The number of ether oxygens (including phenoxy) is 1. The Kier molecular flexibility index (Phi) is 6.95. The zero-order chi connectivity index (χ0) is 14.3. The van der Waals surface area contributed by atoms with Crippen LogP contribution in [-0.2, 0) is 21.2 Å². The predicted octanol–water partition coefficient (Wildman–Crippen LogP) is 1.21. The van der Waals surface area contributed by atoms with E-state index in [-0.39, 0.29) is 6.04 Å². The van der Waals surface area contributed by atoms with Crippen molar-refractivity contribution in [1.82, 2.24) is 10.0 Å². The predicted molar refractivity (Wildman–Crippen MR) is 78.2 cm³/mol. The third-order valence-electron chi connectivity index (χ3n) is 2.63. The van der Waals surface area contributed by atoms with Gasteiger partial charge in [-0.3, -0.25) is 0 Å². The van der Waals surface area contributed by atoms with Crippen molar-refractivity contribution < 1.29 is 13.2 Å². The molecule has 19 heavy (non-hydrogen) atoms. The van der Waals surface area contributed by atoms with Gasteiger partial charge in [0, 0.05) is 24.6 Å². The highest BCUT2D eigenvalue weighted by Crippen LogP contribution is 2.22. The molecule has 0 amide bonds. The van der Waals surface area contributed by atoms with E-state index in [2.05, 4.69) is 10.0 Å². The highest BCUT2D eigenvalue weighted by molar-refractivity contribution is 7.91. The monoisotopic (exact) mass is 306 g/mol. The van der Waals surface area contributed by atoms with Gasteiger partial charge in [-0.15, -0.1) is 11.3 Å². The Balaban J connectivity index is 2.63. The maximum Gasteiger partial charge on any atom is 0.250 e. The van der Waals surface area contributed by atoms with Crippen LogP contribution in [-0.4, -0.2) is 41.8 Å². The minimum atomic E-state index is -3.40. The van der Waals surface area contributed by atoms with Crippen LogP contribution >= 0.6 is 11.3 Å². The molecular formula is C12H22N2O3S2. The van der Waals surface area contributed by atoms with Crippen molar-refractivity contribution >= 4 is 21.4 Å². The van der Waals surface area contributed by atoms with E-state index in [0.717, 1.165) is 17.8 Å². The van der Waals surface area contributed by atoms with E-state index < -0.39 is 10.0 Å². The average molecular weight is 306 g/mol. The Morgan fingerprint density at radius 3 is 2.79 bits per heavy atom. The third-order valence-corrected chi connectivity index (χ3v) is 5.86. The third kappa shape index (κ3) is 5.58. The zero-order valence-electron chi connectivity index (χ0n) is 11.6. The van der Waals surface area contributed by atoms with Gasteiger partial charge < -0.3 is 10.1 Å². The van der Waals surface area contributed by atoms with Crippen LogP contribution in [0.25, 0.3) is 0 Å². The first-order valence-corrected chi connectivity index (χ1v) is 8.54. The normalized spacial score (nSPS) is 13.6. The maximum atomic E-state index is 12.1. The van der Waals surface area contributed by atoms with E-state index in [1.165, 1.54) is 11.3 Å². The lowest BCUT2D eigenvalue weighted by Crippen LogP contribution is -2.32. The molecule has 0 radical (unpaired) electrons. The molecule has 0 saturated heterocycles.